The van der Waals surface area contributed by atoms with Crippen LogP contribution in [0.1, 0.15) is 23.7 Å². The van der Waals surface area contributed by atoms with Crippen molar-refractivity contribution >= 4 is 12.0 Å². The molecule has 18 heavy (non-hydrogen) atoms. The number of rotatable bonds is 2. The number of anilines is 1. The Morgan fingerprint density at radius 3 is 2.94 bits per heavy atom. The van der Waals surface area contributed by atoms with Gasteiger partial charge in [-0.25, -0.2) is 9.97 Å². The highest BCUT2D eigenvalue weighted by Gasteiger charge is 2.09. The van der Waals surface area contributed by atoms with Gasteiger partial charge in [0.15, 0.2) is 0 Å². The summed E-state index contributed by atoms with van der Waals surface area (Å²) in [5.41, 5.74) is 11.4. The Morgan fingerprint density at radius 2 is 2.11 bits per heavy atom. The molecule has 3 nitrogen and oxygen atoms in total. The first-order valence-corrected chi connectivity index (χ1v) is 6.19. The summed E-state index contributed by atoms with van der Waals surface area (Å²) in [5.74, 6) is 0.348. The maximum absolute atomic E-state index is 5.75. The molecule has 1 aliphatic carbocycles. The molecule has 1 aromatic carbocycles. The smallest absolute Gasteiger partial charge is 0.220 e. The van der Waals surface area contributed by atoms with Crippen LogP contribution in [0.5, 0.6) is 0 Å². The fourth-order valence-corrected chi connectivity index (χ4v) is 2.26. The van der Waals surface area contributed by atoms with E-state index in [0.717, 1.165) is 29.8 Å². The Bertz CT molecular complexity index is 630. The molecule has 2 N–H and O–H groups in total. The molecule has 0 bridgehead atoms. The molecule has 0 amide bonds. The van der Waals surface area contributed by atoms with E-state index < -0.39 is 0 Å². The molecule has 0 saturated heterocycles. The monoisotopic (exact) mass is 237 g/mol. The number of aryl methyl sites for hydroxylation is 1. The maximum atomic E-state index is 5.75. The predicted molar refractivity (Wildman–Crippen MR) is 74.0 cm³/mol. The Hall–Kier alpha value is -2.16. The van der Waals surface area contributed by atoms with Gasteiger partial charge in [0, 0.05) is 11.3 Å². The van der Waals surface area contributed by atoms with Gasteiger partial charge in [-0.1, -0.05) is 31.2 Å². The van der Waals surface area contributed by atoms with E-state index in [1.54, 1.807) is 0 Å². The maximum Gasteiger partial charge on any atom is 0.220 e. The van der Waals surface area contributed by atoms with Gasteiger partial charge in [0.1, 0.15) is 0 Å². The number of nitrogens with zero attached hydrogens (tertiary/aromatic N) is 2. The molecular formula is C15H15N3. The Balaban J connectivity index is 2.09. The van der Waals surface area contributed by atoms with Crippen molar-refractivity contribution in [1.29, 1.82) is 0 Å². The third-order valence-corrected chi connectivity index (χ3v) is 3.24. The molecule has 3 heteroatoms. The lowest BCUT2D eigenvalue weighted by molar-refractivity contribution is 1.01. The summed E-state index contributed by atoms with van der Waals surface area (Å²) in [6.45, 7) is 2.07. The number of allylic oxidation sites excluding steroid dienone is 1. The van der Waals surface area contributed by atoms with Crippen LogP contribution in [0, 0.1) is 0 Å². The van der Waals surface area contributed by atoms with Crippen LogP contribution in [-0.2, 0) is 12.8 Å². The van der Waals surface area contributed by atoms with Crippen molar-refractivity contribution in [3.05, 3.63) is 47.2 Å². The van der Waals surface area contributed by atoms with Gasteiger partial charge in [-0.2, -0.15) is 0 Å². The van der Waals surface area contributed by atoms with E-state index in [1.165, 1.54) is 11.1 Å². The van der Waals surface area contributed by atoms with Gasteiger partial charge in [-0.15, -0.1) is 0 Å². The topological polar surface area (TPSA) is 51.8 Å². The third kappa shape index (κ3) is 1.88. The lowest BCUT2D eigenvalue weighted by Crippen LogP contribution is -2.00. The minimum absolute atomic E-state index is 0.348. The van der Waals surface area contributed by atoms with E-state index in [-0.39, 0.29) is 0 Å². The Labute approximate surface area is 106 Å². The molecule has 2 aromatic rings. The first kappa shape index (κ1) is 11.0. The molecule has 0 saturated carbocycles. The number of hydrogen-bond donors (Lipinski definition) is 1. The number of nitrogens with two attached hydrogens (primary N) is 1. The second-order valence-electron chi connectivity index (χ2n) is 4.48. The Morgan fingerprint density at radius 1 is 1.22 bits per heavy atom. The van der Waals surface area contributed by atoms with Crippen LogP contribution in [0.25, 0.3) is 17.3 Å². The highest BCUT2D eigenvalue weighted by atomic mass is 15.0. The number of fused-ring (bicyclic) bond motifs is 1. The quantitative estimate of drug-likeness (QED) is 0.873. The van der Waals surface area contributed by atoms with Crippen molar-refractivity contribution in [1.82, 2.24) is 9.97 Å². The summed E-state index contributed by atoms with van der Waals surface area (Å²) in [5, 5.41) is 0. The van der Waals surface area contributed by atoms with Crippen molar-refractivity contribution < 1.29 is 0 Å². The molecule has 0 unspecified atom stereocenters. The highest BCUT2D eigenvalue weighted by molar-refractivity contribution is 5.69. The molecule has 1 aliphatic rings. The van der Waals surface area contributed by atoms with E-state index in [1.807, 2.05) is 6.07 Å². The van der Waals surface area contributed by atoms with E-state index in [2.05, 4.69) is 47.2 Å². The van der Waals surface area contributed by atoms with Gasteiger partial charge in [0.05, 0.1) is 5.69 Å². The fraction of sp³-hybridized carbons (Fsp3) is 0.200. The van der Waals surface area contributed by atoms with E-state index in [9.17, 15) is 0 Å². The average molecular weight is 237 g/mol. The van der Waals surface area contributed by atoms with Crippen molar-refractivity contribution in [2.24, 2.45) is 0 Å². The number of hydrogen-bond acceptors (Lipinski definition) is 3. The van der Waals surface area contributed by atoms with Crippen molar-refractivity contribution in [2.75, 3.05) is 5.73 Å². The molecule has 0 aliphatic heterocycles. The molecule has 0 fully saturated rings. The van der Waals surface area contributed by atoms with Gasteiger partial charge < -0.3 is 5.73 Å². The zero-order chi connectivity index (χ0) is 12.5. The molecule has 0 atom stereocenters. The van der Waals surface area contributed by atoms with Crippen LogP contribution < -0.4 is 5.73 Å². The van der Waals surface area contributed by atoms with Crippen LogP contribution in [0.2, 0.25) is 0 Å². The SMILES string of the molecule is CCc1cc(-c2ccc3c(c2)C=CC3)nc(N)n1. The van der Waals surface area contributed by atoms with Gasteiger partial charge in [0.25, 0.3) is 0 Å². The standard InChI is InChI=1S/C15H15N3/c1-2-13-9-14(18-15(16)17-13)12-7-6-10-4-3-5-11(10)8-12/h3,5-9H,2,4H2,1H3,(H2,16,17,18). The van der Waals surface area contributed by atoms with Gasteiger partial charge in [-0.05, 0) is 36.1 Å². The second kappa shape index (κ2) is 4.26. The highest BCUT2D eigenvalue weighted by Crippen LogP contribution is 2.26. The molecule has 0 radical (unpaired) electrons. The average Bonchev–Trinajstić information content (AvgIpc) is 2.85. The summed E-state index contributed by atoms with van der Waals surface area (Å²) < 4.78 is 0. The zero-order valence-electron chi connectivity index (χ0n) is 10.4. The second-order valence-corrected chi connectivity index (χ2v) is 4.48. The lowest BCUT2D eigenvalue weighted by atomic mass is 10.0. The van der Waals surface area contributed by atoms with Crippen molar-refractivity contribution in [2.45, 2.75) is 19.8 Å². The minimum Gasteiger partial charge on any atom is -0.368 e. The molecule has 1 aromatic heterocycles. The number of benzene rings is 1. The molecule has 0 spiro atoms. The summed E-state index contributed by atoms with van der Waals surface area (Å²) in [7, 11) is 0. The van der Waals surface area contributed by atoms with Gasteiger partial charge in [0.2, 0.25) is 5.95 Å². The first-order valence-electron chi connectivity index (χ1n) is 6.19. The first-order chi connectivity index (χ1) is 8.76. The molecule has 1 heterocycles. The summed E-state index contributed by atoms with van der Waals surface area (Å²) in [6, 6.07) is 8.44. The Kier molecular flexibility index (Phi) is 2.59. The summed E-state index contributed by atoms with van der Waals surface area (Å²) in [6.07, 6.45) is 6.23. The van der Waals surface area contributed by atoms with Crippen LogP contribution in [0.3, 0.4) is 0 Å². The number of aromatic nitrogens is 2. The number of nitrogen functional groups attached to an aromatic ring is 1. The normalized spacial score (nSPS) is 12.7. The summed E-state index contributed by atoms with van der Waals surface area (Å²) in [4.78, 5) is 8.52. The fourth-order valence-electron chi connectivity index (χ4n) is 2.26. The van der Waals surface area contributed by atoms with Crippen molar-refractivity contribution in [3.8, 4) is 11.3 Å². The van der Waals surface area contributed by atoms with Crippen LogP contribution in [-0.4, -0.2) is 9.97 Å². The van der Waals surface area contributed by atoms with Crippen LogP contribution in [0.4, 0.5) is 5.95 Å². The van der Waals surface area contributed by atoms with Crippen LogP contribution >= 0.6 is 0 Å². The van der Waals surface area contributed by atoms with Crippen LogP contribution in [0.15, 0.2) is 30.3 Å². The molecule has 3 rings (SSSR count). The van der Waals surface area contributed by atoms with Gasteiger partial charge in [-0.3, -0.25) is 0 Å². The van der Waals surface area contributed by atoms with E-state index in [0.29, 0.717) is 5.95 Å². The molecular weight excluding hydrogens is 222 g/mol. The third-order valence-electron chi connectivity index (χ3n) is 3.24. The summed E-state index contributed by atoms with van der Waals surface area (Å²) >= 11 is 0. The largest absolute Gasteiger partial charge is 0.368 e. The van der Waals surface area contributed by atoms with Gasteiger partial charge >= 0.3 is 0 Å². The minimum atomic E-state index is 0.348. The zero-order valence-corrected chi connectivity index (χ0v) is 10.4. The van der Waals surface area contributed by atoms with E-state index >= 15 is 0 Å². The predicted octanol–water partition coefficient (Wildman–Crippen LogP) is 2.86. The van der Waals surface area contributed by atoms with E-state index in [4.69, 9.17) is 5.73 Å². The molecule has 90 valence electrons. The lowest BCUT2D eigenvalue weighted by Gasteiger charge is -2.06. The van der Waals surface area contributed by atoms with Crippen molar-refractivity contribution in [3.63, 3.8) is 0 Å².